The van der Waals surface area contributed by atoms with Gasteiger partial charge >= 0.3 is 0 Å². The molecule has 2 aromatic carbocycles. The molecule has 0 saturated heterocycles. The van der Waals surface area contributed by atoms with Crippen molar-refractivity contribution in [2.45, 2.75) is 47.0 Å². The van der Waals surface area contributed by atoms with Crippen LogP contribution in [0.3, 0.4) is 0 Å². The van der Waals surface area contributed by atoms with Gasteiger partial charge in [0.25, 0.3) is 0 Å². The second-order valence-corrected chi connectivity index (χ2v) is 7.15. The Kier molecular flexibility index (Phi) is 5.41. The minimum Gasteiger partial charge on any atom is -0.318 e. The summed E-state index contributed by atoms with van der Waals surface area (Å²) in [6.07, 6.45) is 3.01. The zero-order chi connectivity index (χ0) is 18.7. The van der Waals surface area contributed by atoms with E-state index < -0.39 is 0 Å². The highest BCUT2D eigenvalue weighted by Gasteiger charge is 2.11. The van der Waals surface area contributed by atoms with Crippen LogP contribution < -0.4 is 0 Å². The smallest absolute Gasteiger partial charge is 0.0630 e. The third-order valence-electron chi connectivity index (χ3n) is 5.00. The molecule has 0 unspecified atom stereocenters. The largest absolute Gasteiger partial charge is 0.318 e. The molecule has 0 fully saturated rings. The van der Waals surface area contributed by atoms with Crippen molar-refractivity contribution in [1.82, 2.24) is 4.57 Å². The Balaban J connectivity index is 1.93. The van der Waals surface area contributed by atoms with E-state index in [1.165, 1.54) is 33.8 Å². The van der Waals surface area contributed by atoms with Gasteiger partial charge in [0.2, 0.25) is 0 Å². The van der Waals surface area contributed by atoms with Crippen molar-refractivity contribution in [3.8, 4) is 5.69 Å². The fraction of sp³-hybridized carbons (Fsp3) is 0.292. The molecule has 0 aliphatic rings. The average Bonchev–Trinajstić information content (AvgIpc) is 2.93. The molecular formula is C24H28N2. The highest BCUT2D eigenvalue weighted by molar-refractivity contribution is 5.84. The van der Waals surface area contributed by atoms with Crippen LogP contribution in [-0.4, -0.2) is 10.8 Å². The first kappa shape index (κ1) is 18.2. The van der Waals surface area contributed by atoms with Crippen LogP contribution in [0.4, 0.5) is 5.69 Å². The second-order valence-electron chi connectivity index (χ2n) is 7.15. The first-order valence-corrected chi connectivity index (χ1v) is 9.42. The zero-order valence-corrected chi connectivity index (χ0v) is 16.5. The standard InChI is InChI=1S/C24H28N2/c1-6-20-9-7-8-10-24(20)26-18(4)15-22(19(26)5)16-25-23-13-11-21(12-14-23)17(2)3/h7-17H,6H2,1-5H3. The molecule has 0 aliphatic heterocycles. The first-order valence-electron chi connectivity index (χ1n) is 9.42. The van der Waals surface area contributed by atoms with Gasteiger partial charge in [-0.1, -0.05) is 51.1 Å². The Bertz CT molecular complexity index is 912. The molecule has 0 atom stereocenters. The van der Waals surface area contributed by atoms with Crippen molar-refractivity contribution in [1.29, 1.82) is 0 Å². The molecule has 2 nitrogen and oxygen atoms in total. The fourth-order valence-corrected chi connectivity index (χ4v) is 3.41. The van der Waals surface area contributed by atoms with E-state index in [0.717, 1.165) is 12.1 Å². The lowest BCUT2D eigenvalue weighted by Gasteiger charge is -2.13. The van der Waals surface area contributed by atoms with E-state index in [4.69, 9.17) is 4.99 Å². The molecule has 0 spiro atoms. The lowest BCUT2D eigenvalue weighted by molar-refractivity contribution is 0.867. The number of hydrogen-bond acceptors (Lipinski definition) is 1. The lowest BCUT2D eigenvalue weighted by atomic mass is 10.0. The molecule has 0 saturated carbocycles. The lowest BCUT2D eigenvalue weighted by Crippen LogP contribution is -2.03. The molecule has 0 aliphatic carbocycles. The summed E-state index contributed by atoms with van der Waals surface area (Å²) in [7, 11) is 0. The van der Waals surface area contributed by atoms with Crippen LogP contribution in [0.5, 0.6) is 0 Å². The molecule has 0 N–H and O–H groups in total. The molecule has 0 radical (unpaired) electrons. The summed E-state index contributed by atoms with van der Waals surface area (Å²) in [4.78, 5) is 4.69. The van der Waals surface area contributed by atoms with Gasteiger partial charge < -0.3 is 4.57 Å². The third kappa shape index (κ3) is 3.65. The van der Waals surface area contributed by atoms with E-state index in [2.05, 4.69) is 93.8 Å². The fourth-order valence-electron chi connectivity index (χ4n) is 3.41. The molecular weight excluding hydrogens is 316 g/mol. The van der Waals surface area contributed by atoms with Crippen LogP contribution in [0.2, 0.25) is 0 Å². The number of para-hydroxylation sites is 1. The maximum Gasteiger partial charge on any atom is 0.0630 e. The minimum atomic E-state index is 0.547. The number of aryl methyl sites for hydroxylation is 2. The minimum absolute atomic E-state index is 0.547. The van der Waals surface area contributed by atoms with Crippen molar-refractivity contribution >= 4 is 11.9 Å². The summed E-state index contributed by atoms with van der Waals surface area (Å²) < 4.78 is 2.34. The monoisotopic (exact) mass is 344 g/mol. The van der Waals surface area contributed by atoms with Crippen LogP contribution in [0, 0.1) is 13.8 Å². The summed E-state index contributed by atoms with van der Waals surface area (Å²) >= 11 is 0. The van der Waals surface area contributed by atoms with Gasteiger partial charge in [-0.2, -0.15) is 0 Å². The van der Waals surface area contributed by atoms with Gasteiger partial charge in [-0.15, -0.1) is 0 Å². The molecule has 1 aromatic heterocycles. The van der Waals surface area contributed by atoms with E-state index in [-0.39, 0.29) is 0 Å². The maximum absolute atomic E-state index is 4.69. The number of aromatic nitrogens is 1. The van der Waals surface area contributed by atoms with Gasteiger partial charge in [-0.05, 0) is 61.6 Å². The maximum atomic E-state index is 4.69. The number of rotatable bonds is 5. The van der Waals surface area contributed by atoms with Crippen LogP contribution in [0.15, 0.2) is 59.6 Å². The van der Waals surface area contributed by atoms with Crippen molar-refractivity contribution in [3.63, 3.8) is 0 Å². The zero-order valence-electron chi connectivity index (χ0n) is 16.5. The molecule has 3 aromatic rings. The van der Waals surface area contributed by atoms with Crippen molar-refractivity contribution < 1.29 is 0 Å². The predicted octanol–water partition coefficient (Wildman–Crippen LogP) is 6.53. The van der Waals surface area contributed by atoms with E-state index in [9.17, 15) is 0 Å². The number of aliphatic imine (C=N–C) groups is 1. The summed E-state index contributed by atoms with van der Waals surface area (Å²) in [5, 5.41) is 0. The van der Waals surface area contributed by atoms with Crippen molar-refractivity contribution in [2.75, 3.05) is 0 Å². The van der Waals surface area contributed by atoms with E-state index in [1.807, 2.05) is 6.21 Å². The summed E-state index contributed by atoms with van der Waals surface area (Å²) in [5.74, 6) is 0.547. The van der Waals surface area contributed by atoms with E-state index in [0.29, 0.717) is 5.92 Å². The Morgan fingerprint density at radius 2 is 1.69 bits per heavy atom. The van der Waals surface area contributed by atoms with Crippen molar-refractivity contribution in [2.24, 2.45) is 4.99 Å². The number of nitrogens with zero attached hydrogens (tertiary/aromatic N) is 2. The van der Waals surface area contributed by atoms with Crippen LogP contribution in [0.1, 0.15) is 54.8 Å². The van der Waals surface area contributed by atoms with Gasteiger partial charge in [0.05, 0.1) is 5.69 Å². The summed E-state index contributed by atoms with van der Waals surface area (Å²) in [5.41, 5.74) is 8.60. The predicted molar refractivity (Wildman–Crippen MR) is 112 cm³/mol. The average molecular weight is 345 g/mol. The topological polar surface area (TPSA) is 17.3 Å². The second kappa shape index (κ2) is 7.74. The Labute approximate surface area is 157 Å². The van der Waals surface area contributed by atoms with Crippen LogP contribution >= 0.6 is 0 Å². The molecule has 26 heavy (non-hydrogen) atoms. The van der Waals surface area contributed by atoms with E-state index >= 15 is 0 Å². The summed E-state index contributed by atoms with van der Waals surface area (Å²) in [6.45, 7) is 11.0. The molecule has 0 bridgehead atoms. The first-order chi connectivity index (χ1) is 12.5. The molecule has 2 heteroatoms. The van der Waals surface area contributed by atoms with Gasteiger partial charge in [-0.25, -0.2) is 0 Å². The van der Waals surface area contributed by atoms with Gasteiger partial charge in [0.1, 0.15) is 0 Å². The Morgan fingerprint density at radius 1 is 1.00 bits per heavy atom. The Hall–Kier alpha value is -2.61. The molecule has 1 heterocycles. The van der Waals surface area contributed by atoms with Crippen LogP contribution in [0.25, 0.3) is 5.69 Å². The number of hydrogen-bond donors (Lipinski definition) is 0. The highest BCUT2D eigenvalue weighted by atomic mass is 15.0. The third-order valence-corrected chi connectivity index (χ3v) is 5.00. The molecule has 134 valence electrons. The normalized spacial score (nSPS) is 11.6. The SMILES string of the molecule is CCc1ccccc1-n1c(C)cc(C=Nc2ccc(C(C)C)cc2)c1C. The number of benzene rings is 2. The van der Waals surface area contributed by atoms with Gasteiger partial charge in [0, 0.05) is 28.9 Å². The van der Waals surface area contributed by atoms with Crippen molar-refractivity contribution in [3.05, 3.63) is 82.7 Å². The summed E-state index contributed by atoms with van der Waals surface area (Å²) in [6, 6.07) is 19.4. The molecule has 3 rings (SSSR count). The Morgan fingerprint density at radius 3 is 2.35 bits per heavy atom. The van der Waals surface area contributed by atoms with Gasteiger partial charge in [-0.3, -0.25) is 4.99 Å². The highest BCUT2D eigenvalue weighted by Crippen LogP contribution is 2.24. The molecule has 0 amide bonds. The van der Waals surface area contributed by atoms with Gasteiger partial charge in [0.15, 0.2) is 0 Å². The van der Waals surface area contributed by atoms with E-state index in [1.54, 1.807) is 0 Å². The quantitative estimate of drug-likeness (QED) is 0.468. The van der Waals surface area contributed by atoms with Crippen LogP contribution in [-0.2, 0) is 6.42 Å².